The average molecular weight is 312 g/mol. The molecule has 2 rings (SSSR count). The van der Waals surface area contributed by atoms with E-state index in [1.54, 1.807) is 0 Å². The van der Waals surface area contributed by atoms with E-state index in [-0.39, 0.29) is 12.4 Å². The van der Waals surface area contributed by atoms with Crippen molar-refractivity contribution >= 4 is 5.82 Å². The number of methoxy groups -OCH3 is 1. The van der Waals surface area contributed by atoms with Crippen molar-refractivity contribution in [3.05, 3.63) is 33.2 Å². The predicted octanol–water partition coefficient (Wildman–Crippen LogP) is -1.23. The van der Waals surface area contributed by atoms with Gasteiger partial charge in [0.05, 0.1) is 13.2 Å². The summed E-state index contributed by atoms with van der Waals surface area (Å²) in [5.41, 5.74) is 11.6. The fourth-order valence-corrected chi connectivity index (χ4v) is 2.35. The number of azide groups is 1. The molecule has 11 nitrogen and oxygen atoms in total. The van der Waals surface area contributed by atoms with Gasteiger partial charge in [0.1, 0.15) is 23.6 Å². The molecule has 4 N–H and O–H groups in total. The molecule has 0 radical (unpaired) electrons. The lowest BCUT2D eigenvalue weighted by Crippen LogP contribution is -2.48. The normalized spacial score (nSPS) is 29.0. The average Bonchev–Trinajstić information content (AvgIpc) is 2.81. The molecule has 1 aliphatic rings. The van der Waals surface area contributed by atoms with Gasteiger partial charge in [-0.25, -0.2) is 4.79 Å². The van der Waals surface area contributed by atoms with Gasteiger partial charge in [0.2, 0.25) is 0 Å². The Kier molecular flexibility index (Phi) is 4.64. The minimum absolute atomic E-state index is 0.0434. The molecule has 1 aromatic heterocycles. The van der Waals surface area contributed by atoms with Crippen molar-refractivity contribution in [3.63, 3.8) is 0 Å². The Hall–Kier alpha value is -2.17. The number of hydrogen-bond donors (Lipinski definition) is 3. The van der Waals surface area contributed by atoms with E-state index in [1.165, 1.54) is 19.4 Å². The van der Waals surface area contributed by atoms with E-state index in [2.05, 4.69) is 15.0 Å². The monoisotopic (exact) mass is 312 g/mol. The first kappa shape index (κ1) is 16.2. The molecule has 1 aromatic rings. The highest BCUT2D eigenvalue weighted by molar-refractivity contribution is 5.23. The molecular formula is C11H16N6O5. The molecule has 1 aliphatic heterocycles. The van der Waals surface area contributed by atoms with E-state index < -0.39 is 36.3 Å². The molecule has 22 heavy (non-hydrogen) atoms. The SMILES string of the molecule is COC([C@@H]1OC[C@@](O)(CO)[C@H]1N=[N+]=[N-])n1ccc(N)nc1=O. The van der Waals surface area contributed by atoms with Crippen LogP contribution < -0.4 is 11.4 Å². The van der Waals surface area contributed by atoms with Gasteiger partial charge in [0.25, 0.3) is 0 Å². The second-order valence-corrected chi connectivity index (χ2v) is 4.86. The number of nitrogens with two attached hydrogens (primary N) is 1. The molecule has 0 amide bonds. The Morgan fingerprint density at radius 2 is 2.55 bits per heavy atom. The zero-order valence-corrected chi connectivity index (χ0v) is 11.7. The zero-order chi connectivity index (χ0) is 16.3. The summed E-state index contributed by atoms with van der Waals surface area (Å²) < 4.78 is 11.7. The maximum atomic E-state index is 11.9. The van der Waals surface area contributed by atoms with Gasteiger partial charge in [-0.3, -0.25) is 4.57 Å². The lowest BCUT2D eigenvalue weighted by atomic mass is 9.94. The van der Waals surface area contributed by atoms with Crippen LogP contribution in [0.4, 0.5) is 5.82 Å². The summed E-state index contributed by atoms with van der Waals surface area (Å²) in [6, 6.07) is 0.250. The molecule has 0 aliphatic carbocycles. The number of nitrogens with zero attached hydrogens (tertiary/aromatic N) is 5. The summed E-state index contributed by atoms with van der Waals surface area (Å²) in [4.78, 5) is 18.1. The lowest BCUT2D eigenvalue weighted by Gasteiger charge is -2.29. The summed E-state index contributed by atoms with van der Waals surface area (Å²) in [5.74, 6) is 0.0434. The Balaban J connectivity index is 2.42. The molecule has 2 heterocycles. The van der Waals surface area contributed by atoms with Crippen LogP contribution in [-0.2, 0) is 9.47 Å². The van der Waals surface area contributed by atoms with Crippen molar-refractivity contribution in [2.24, 2.45) is 5.11 Å². The maximum Gasteiger partial charge on any atom is 0.351 e. The largest absolute Gasteiger partial charge is 0.393 e. The number of ether oxygens (including phenoxy) is 2. The molecule has 120 valence electrons. The number of aliphatic hydroxyl groups excluding tert-OH is 1. The Bertz CT molecular complexity index is 644. The van der Waals surface area contributed by atoms with Crippen LogP contribution in [0.25, 0.3) is 10.4 Å². The lowest BCUT2D eigenvalue weighted by molar-refractivity contribution is -0.0751. The number of aromatic nitrogens is 2. The number of aliphatic hydroxyl groups is 2. The van der Waals surface area contributed by atoms with Gasteiger partial charge in [-0.05, 0) is 11.6 Å². The van der Waals surface area contributed by atoms with E-state index in [9.17, 15) is 15.0 Å². The molecule has 4 atom stereocenters. The number of nitrogen functional groups attached to an aromatic ring is 1. The van der Waals surface area contributed by atoms with Crippen molar-refractivity contribution in [2.45, 2.75) is 24.0 Å². The zero-order valence-electron chi connectivity index (χ0n) is 11.7. The molecular weight excluding hydrogens is 296 g/mol. The van der Waals surface area contributed by atoms with E-state index in [0.717, 1.165) is 4.57 Å². The van der Waals surface area contributed by atoms with Crippen LogP contribution in [-0.4, -0.2) is 57.8 Å². The van der Waals surface area contributed by atoms with E-state index >= 15 is 0 Å². The van der Waals surface area contributed by atoms with Crippen molar-refractivity contribution < 1.29 is 19.7 Å². The molecule has 11 heteroatoms. The highest BCUT2D eigenvalue weighted by Crippen LogP contribution is 2.33. The minimum Gasteiger partial charge on any atom is -0.393 e. The van der Waals surface area contributed by atoms with Crippen LogP contribution in [0.15, 0.2) is 22.2 Å². The fraction of sp³-hybridized carbons (Fsp3) is 0.636. The fourth-order valence-electron chi connectivity index (χ4n) is 2.35. The van der Waals surface area contributed by atoms with Gasteiger partial charge >= 0.3 is 5.69 Å². The van der Waals surface area contributed by atoms with Gasteiger partial charge in [-0.1, -0.05) is 5.11 Å². The third kappa shape index (κ3) is 2.75. The maximum absolute atomic E-state index is 11.9. The number of anilines is 1. The third-order valence-electron chi connectivity index (χ3n) is 3.49. The highest BCUT2D eigenvalue weighted by atomic mass is 16.6. The van der Waals surface area contributed by atoms with Gasteiger partial charge in [0.15, 0.2) is 6.23 Å². The second-order valence-electron chi connectivity index (χ2n) is 4.86. The molecule has 1 fully saturated rings. The first-order chi connectivity index (χ1) is 10.5. The van der Waals surface area contributed by atoms with Gasteiger partial charge in [0, 0.05) is 18.2 Å². The standard InChI is InChI=1S/C11H16N6O5/c1-21-9(17-3-2-6(12)14-10(17)19)7-8(15-16-13)11(20,4-18)5-22-7/h2-3,7-9,18,20H,4-5H2,1H3,(H2,12,14,19)/t7-,8+,9?,11+/m1/s1. The Morgan fingerprint density at radius 3 is 3.09 bits per heavy atom. The summed E-state index contributed by atoms with van der Waals surface area (Å²) >= 11 is 0. The summed E-state index contributed by atoms with van der Waals surface area (Å²) in [7, 11) is 1.32. The summed E-state index contributed by atoms with van der Waals surface area (Å²) in [5, 5.41) is 23.0. The predicted molar refractivity (Wildman–Crippen MR) is 73.7 cm³/mol. The third-order valence-corrected chi connectivity index (χ3v) is 3.49. The Morgan fingerprint density at radius 1 is 1.82 bits per heavy atom. The first-order valence-corrected chi connectivity index (χ1v) is 6.33. The van der Waals surface area contributed by atoms with Gasteiger partial charge < -0.3 is 25.4 Å². The first-order valence-electron chi connectivity index (χ1n) is 6.33. The van der Waals surface area contributed by atoms with E-state index in [0.29, 0.717) is 0 Å². The molecule has 1 saturated heterocycles. The van der Waals surface area contributed by atoms with Gasteiger partial charge in [-0.2, -0.15) is 4.98 Å². The number of hydrogen-bond acceptors (Lipinski definition) is 8. The van der Waals surface area contributed by atoms with Crippen molar-refractivity contribution in [3.8, 4) is 0 Å². The molecule has 0 bridgehead atoms. The van der Waals surface area contributed by atoms with E-state index in [1.807, 2.05) is 0 Å². The van der Waals surface area contributed by atoms with Crippen LogP contribution in [0.1, 0.15) is 6.23 Å². The van der Waals surface area contributed by atoms with Crippen molar-refractivity contribution in [1.82, 2.24) is 9.55 Å². The van der Waals surface area contributed by atoms with Crippen LogP contribution in [0.5, 0.6) is 0 Å². The molecule has 0 saturated carbocycles. The summed E-state index contributed by atoms with van der Waals surface area (Å²) in [6.45, 7) is -0.937. The van der Waals surface area contributed by atoms with Crippen molar-refractivity contribution in [1.29, 1.82) is 0 Å². The van der Waals surface area contributed by atoms with Crippen LogP contribution in [0, 0.1) is 0 Å². The molecule has 0 spiro atoms. The van der Waals surface area contributed by atoms with Crippen molar-refractivity contribution in [2.75, 3.05) is 26.1 Å². The number of rotatable bonds is 5. The topological polar surface area (TPSA) is 169 Å². The molecule has 0 aromatic carbocycles. The smallest absolute Gasteiger partial charge is 0.351 e. The molecule has 1 unspecified atom stereocenters. The van der Waals surface area contributed by atoms with Crippen LogP contribution in [0.3, 0.4) is 0 Å². The Labute approximate surface area is 124 Å². The van der Waals surface area contributed by atoms with Crippen LogP contribution in [0.2, 0.25) is 0 Å². The summed E-state index contributed by atoms with van der Waals surface area (Å²) in [6.07, 6.45) is -0.649. The van der Waals surface area contributed by atoms with E-state index in [4.69, 9.17) is 20.7 Å². The second kappa shape index (κ2) is 6.30. The highest BCUT2D eigenvalue weighted by Gasteiger charge is 2.51. The van der Waals surface area contributed by atoms with Crippen LogP contribution >= 0.6 is 0 Å². The quantitative estimate of drug-likeness (QED) is 0.347. The van der Waals surface area contributed by atoms with Gasteiger partial charge in [-0.15, -0.1) is 0 Å². The minimum atomic E-state index is -1.75.